The van der Waals surface area contributed by atoms with Gasteiger partial charge in [0.2, 0.25) is 5.95 Å². The van der Waals surface area contributed by atoms with Crippen LogP contribution in [0, 0.1) is 0 Å². The Hall–Kier alpha value is -1.42. The van der Waals surface area contributed by atoms with Crippen LogP contribution < -0.4 is 4.90 Å². The molecule has 1 aliphatic rings. The van der Waals surface area contributed by atoms with Crippen molar-refractivity contribution in [2.75, 3.05) is 18.0 Å². The summed E-state index contributed by atoms with van der Waals surface area (Å²) < 4.78 is 0. The normalized spacial score (nSPS) is 17.8. The van der Waals surface area contributed by atoms with E-state index in [0.29, 0.717) is 0 Å². The van der Waals surface area contributed by atoms with Crippen molar-refractivity contribution < 1.29 is 5.11 Å². The van der Waals surface area contributed by atoms with Crippen LogP contribution in [0.1, 0.15) is 18.5 Å². The molecule has 1 aromatic rings. The van der Waals surface area contributed by atoms with Gasteiger partial charge in [-0.05, 0) is 25.0 Å². The lowest BCUT2D eigenvalue weighted by molar-refractivity contribution is 0.145. The smallest absolute Gasteiger partial charge is 0.225 e. The standard InChI is InChI=1S/C11H15N3O/c1-2-9-3-6-12-11(13-9)14-7-4-10(15)5-8-14/h2-3,6,10,15H,1,4-5,7-8H2. The average Bonchev–Trinajstić information content (AvgIpc) is 2.30. The summed E-state index contributed by atoms with van der Waals surface area (Å²) in [6.45, 7) is 5.32. The first-order valence-electron chi connectivity index (χ1n) is 5.18. The molecule has 0 radical (unpaired) electrons. The minimum absolute atomic E-state index is 0.163. The molecule has 2 heterocycles. The highest BCUT2D eigenvalue weighted by atomic mass is 16.3. The molecule has 2 rings (SSSR count). The molecule has 1 N–H and O–H groups in total. The maximum absolute atomic E-state index is 9.39. The number of rotatable bonds is 2. The highest BCUT2D eigenvalue weighted by Crippen LogP contribution is 2.15. The Morgan fingerprint density at radius 2 is 2.20 bits per heavy atom. The second-order valence-electron chi connectivity index (χ2n) is 3.70. The molecule has 80 valence electrons. The summed E-state index contributed by atoms with van der Waals surface area (Å²) in [4.78, 5) is 10.7. The van der Waals surface area contributed by atoms with Gasteiger partial charge in [0.1, 0.15) is 0 Å². The second-order valence-corrected chi connectivity index (χ2v) is 3.70. The van der Waals surface area contributed by atoms with Gasteiger partial charge < -0.3 is 10.0 Å². The van der Waals surface area contributed by atoms with Crippen molar-refractivity contribution in [1.29, 1.82) is 0 Å². The fourth-order valence-electron chi connectivity index (χ4n) is 1.69. The largest absolute Gasteiger partial charge is 0.393 e. The molecule has 0 atom stereocenters. The highest BCUT2D eigenvalue weighted by molar-refractivity contribution is 5.44. The van der Waals surface area contributed by atoms with E-state index in [1.807, 2.05) is 6.07 Å². The molecule has 1 saturated heterocycles. The fraction of sp³-hybridized carbons (Fsp3) is 0.455. The summed E-state index contributed by atoms with van der Waals surface area (Å²) in [7, 11) is 0. The van der Waals surface area contributed by atoms with Crippen LogP contribution in [0.15, 0.2) is 18.8 Å². The van der Waals surface area contributed by atoms with E-state index < -0.39 is 0 Å². The molecule has 15 heavy (non-hydrogen) atoms. The van der Waals surface area contributed by atoms with Gasteiger partial charge >= 0.3 is 0 Å². The number of aromatic nitrogens is 2. The van der Waals surface area contributed by atoms with Crippen LogP contribution >= 0.6 is 0 Å². The van der Waals surface area contributed by atoms with Gasteiger partial charge in [-0.15, -0.1) is 0 Å². The zero-order chi connectivity index (χ0) is 10.7. The molecular weight excluding hydrogens is 190 g/mol. The Morgan fingerprint density at radius 3 is 2.87 bits per heavy atom. The van der Waals surface area contributed by atoms with Crippen molar-refractivity contribution >= 4 is 12.0 Å². The van der Waals surface area contributed by atoms with Gasteiger partial charge in [-0.1, -0.05) is 6.58 Å². The molecule has 0 aliphatic carbocycles. The molecule has 1 fully saturated rings. The molecule has 4 heteroatoms. The Morgan fingerprint density at radius 1 is 1.47 bits per heavy atom. The summed E-state index contributed by atoms with van der Waals surface area (Å²) in [6, 6.07) is 1.83. The van der Waals surface area contributed by atoms with E-state index in [0.717, 1.165) is 37.6 Å². The third-order valence-electron chi connectivity index (χ3n) is 2.62. The fourth-order valence-corrected chi connectivity index (χ4v) is 1.69. The minimum atomic E-state index is -0.163. The third kappa shape index (κ3) is 2.33. The van der Waals surface area contributed by atoms with Gasteiger partial charge in [-0.25, -0.2) is 9.97 Å². The predicted octanol–water partition coefficient (Wildman–Crippen LogP) is 1.08. The van der Waals surface area contributed by atoms with E-state index in [1.165, 1.54) is 0 Å². The van der Waals surface area contributed by atoms with Crippen LogP contribution in [-0.4, -0.2) is 34.3 Å². The van der Waals surface area contributed by atoms with Gasteiger partial charge in [-0.3, -0.25) is 0 Å². The summed E-state index contributed by atoms with van der Waals surface area (Å²) in [6.07, 6.45) is 4.88. The second kappa shape index (κ2) is 4.40. The number of piperidine rings is 1. The molecule has 0 unspecified atom stereocenters. The average molecular weight is 205 g/mol. The van der Waals surface area contributed by atoms with Crippen molar-refractivity contribution in [1.82, 2.24) is 9.97 Å². The van der Waals surface area contributed by atoms with E-state index in [2.05, 4.69) is 21.4 Å². The Balaban J connectivity index is 2.11. The van der Waals surface area contributed by atoms with Crippen molar-refractivity contribution in [3.63, 3.8) is 0 Å². The molecule has 1 aliphatic heterocycles. The monoisotopic (exact) mass is 205 g/mol. The molecule has 1 aromatic heterocycles. The van der Waals surface area contributed by atoms with Gasteiger partial charge in [0.25, 0.3) is 0 Å². The van der Waals surface area contributed by atoms with Gasteiger partial charge in [0.05, 0.1) is 11.8 Å². The molecule has 0 aromatic carbocycles. The zero-order valence-corrected chi connectivity index (χ0v) is 8.63. The SMILES string of the molecule is C=Cc1ccnc(N2CCC(O)CC2)n1. The van der Waals surface area contributed by atoms with Crippen LogP contribution in [-0.2, 0) is 0 Å². The van der Waals surface area contributed by atoms with Crippen LogP contribution in [0.3, 0.4) is 0 Å². The Bertz CT molecular complexity index is 345. The van der Waals surface area contributed by atoms with Gasteiger partial charge in [-0.2, -0.15) is 0 Å². The number of anilines is 1. The summed E-state index contributed by atoms with van der Waals surface area (Å²) in [5.74, 6) is 0.735. The topological polar surface area (TPSA) is 49.2 Å². The van der Waals surface area contributed by atoms with E-state index >= 15 is 0 Å². The lowest BCUT2D eigenvalue weighted by atomic mass is 10.1. The molecule has 0 amide bonds. The van der Waals surface area contributed by atoms with Crippen LogP contribution in [0.4, 0.5) is 5.95 Å². The lowest BCUT2D eigenvalue weighted by Crippen LogP contribution is -2.36. The maximum Gasteiger partial charge on any atom is 0.225 e. The number of aliphatic hydroxyl groups is 1. The van der Waals surface area contributed by atoms with E-state index in [9.17, 15) is 5.11 Å². The predicted molar refractivity (Wildman–Crippen MR) is 59.6 cm³/mol. The van der Waals surface area contributed by atoms with Crippen molar-refractivity contribution in [3.8, 4) is 0 Å². The van der Waals surface area contributed by atoms with Gasteiger partial charge in [0.15, 0.2) is 0 Å². The van der Waals surface area contributed by atoms with Crippen LogP contribution in [0.25, 0.3) is 6.08 Å². The van der Waals surface area contributed by atoms with E-state index in [-0.39, 0.29) is 6.10 Å². The summed E-state index contributed by atoms with van der Waals surface area (Å²) in [5.41, 5.74) is 0.839. The number of aliphatic hydroxyl groups excluding tert-OH is 1. The zero-order valence-electron chi connectivity index (χ0n) is 8.63. The van der Waals surface area contributed by atoms with Crippen LogP contribution in [0.5, 0.6) is 0 Å². The lowest BCUT2D eigenvalue weighted by Gasteiger charge is -2.29. The van der Waals surface area contributed by atoms with E-state index in [1.54, 1.807) is 12.3 Å². The van der Waals surface area contributed by atoms with Crippen molar-refractivity contribution in [2.45, 2.75) is 18.9 Å². The van der Waals surface area contributed by atoms with Crippen molar-refractivity contribution in [2.24, 2.45) is 0 Å². The Labute approximate surface area is 89.3 Å². The summed E-state index contributed by atoms with van der Waals surface area (Å²) in [5, 5.41) is 9.39. The molecule has 4 nitrogen and oxygen atoms in total. The highest BCUT2D eigenvalue weighted by Gasteiger charge is 2.18. The Kier molecular flexibility index (Phi) is 2.97. The number of hydrogen-bond donors (Lipinski definition) is 1. The maximum atomic E-state index is 9.39. The quantitative estimate of drug-likeness (QED) is 0.785. The first kappa shape index (κ1) is 10.1. The molecule has 0 saturated carbocycles. The van der Waals surface area contributed by atoms with Crippen molar-refractivity contribution in [3.05, 3.63) is 24.5 Å². The summed E-state index contributed by atoms with van der Waals surface area (Å²) >= 11 is 0. The van der Waals surface area contributed by atoms with Crippen LogP contribution in [0.2, 0.25) is 0 Å². The molecular formula is C11H15N3O. The first-order valence-corrected chi connectivity index (χ1v) is 5.18. The molecule has 0 bridgehead atoms. The van der Waals surface area contributed by atoms with Gasteiger partial charge in [0, 0.05) is 19.3 Å². The first-order chi connectivity index (χ1) is 7.29. The number of nitrogens with zero attached hydrogens (tertiary/aromatic N) is 3. The van der Waals surface area contributed by atoms with E-state index in [4.69, 9.17) is 0 Å². The minimum Gasteiger partial charge on any atom is -0.393 e. The number of hydrogen-bond acceptors (Lipinski definition) is 4. The molecule has 0 spiro atoms. The third-order valence-corrected chi connectivity index (χ3v) is 2.62.